The van der Waals surface area contributed by atoms with Crippen LogP contribution in [0.15, 0.2) is 35.3 Å². The Morgan fingerprint density at radius 3 is 2.67 bits per heavy atom. The number of ether oxygens (including phenoxy) is 1. The molecule has 3 unspecified atom stereocenters. The second-order valence-electron chi connectivity index (χ2n) is 6.95. The number of amides is 3. The Hall–Kier alpha value is -2.81. The lowest BCUT2D eigenvalue weighted by Crippen LogP contribution is -2.65. The minimum Gasteiger partial charge on any atom is -0.491 e. The highest BCUT2D eigenvalue weighted by molar-refractivity contribution is 6.03. The van der Waals surface area contributed by atoms with E-state index in [1.54, 1.807) is 24.1 Å². The number of nitrogens with zero attached hydrogens (tertiary/aromatic N) is 3. The molecule has 0 saturated carbocycles. The summed E-state index contributed by atoms with van der Waals surface area (Å²) in [4.78, 5) is 31.9. The first kappa shape index (κ1) is 19.0. The van der Waals surface area contributed by atoms with Gasteiger partial charge in [0.1, 0.15) is 18.5 Å². The van der Waals surface area contributed by atoms with Gasteiger partial charge in [-0.1, -0.05) is 18.2 Å². The monoisotopic (exact) mass is 375 g/mol. The second kappa shape index (κ2) is 7.83. The van der Waals surface area contributed by atoms with Gasteiger partial charge >= 0.3 is 6.03 Å². The number of guanidine groups is 1. The summed E-state index contributed by atoms with van der Waals surface area (Å²) < 4.78 is 5.59. The molecule has 1 aromatic carbocycles. The largest absolute Gasteiger partial charge is 0.491 e. The number of nitrogens with one attached hydrogen (secondary N) is 2. The molecule has 27 heavy (non-hydrogen) atoms. The molecule has 0 radical (unpaired) electrons. The van der Waals surface area contributed by atoms with Gasteiger partial charge < -0.3 is 25.0 Å². The molecule has 0 bridgehead atoms. The first-order valence-corrected chi connectivity index (χ1v) is 8.91. The van der Waals surface area contributed by atoms with E-state index in [1.807, 2.05) is 32.0 Å². The highest BCUT2D eigenvalue weighted by atomic mass is 16.5. The highest BCUT2D eigenvalue weighted by Crippen LogP contribution is 2.24. The van der Waals surface area contributed by atoms with Gasteiger partial charge in [-0.2, -0.15) is 0 Å². The quantitative estimate of drug-likeness (QED) is 0.645. The number of aliphatic hydroxyl groups excluding tert-OH is 1. The summed E-state index contributed by atoms with van der Waals surface area (Å²) in [7, 11) is 1.59. The summed E-state index contributed by atoms with van der Waals surface area (Å²) in [5.41, 5.74) is 0. The number of β-amino-alcohol motifs (C(OH)–C–C–N with tert-alkyl or cyclic N) is 1. The highest BCUT2D eigenvalue weighted by Gasteiger charge is 2.49. The van der Waals surface area contributed by atoms with Crippen molar-refractivity contribution in [2.75, 3.05) is 20.2 Å². The maximum Gasteiger partial charge on any atom is 0.325 e. The number of carbonyl (C=O) groups is 2. The molecule has 0 aromatic heterocycles. The van der Waals surface area contributed by atoms with Crippen molar-refractivity contribution in [1.82, 2.24) is 20.4 Å². The van der Waals surface area contributed by atoms with Crippen LogP contribution < -0.4 is 15.4 Å². The van der Waals surface area contributed by atoms with Crippen molar-refractivity contribution in [2.45, 2.75) is 38.2 Å². The van der Waals surface area contributed by atoms with Crippen LogP contribution >= 0.6 is 0 Å². The standard InChI is InChI=1S/C18H25N5O4/c1-11(2)19-17-20-15-14(16(25)21-18(26)22(15)3)23(17)9-12(24)10-27-13-7-5-4-6-8-13/h4-8,11-12,14-15,24H,9-10H2,1-3H3,(H,19,20)(H,21,25,26). The topological polar surface area (TPSA) is 106 Å². The molecule has 2 heterocycles. The average molecular weight is 375 g/mol. The number of benzene rings is 1. The van der Waals surface area contributed by atoms with E-state index in [2.05, 4.69) is 15.6 Å². The lowest BCUT2D eigenvalue weighted by molar-refractivity contribution is -0.127. The van der Waals surface area contributed by atoms with Crippen LogP contribution in [0, 0.1) is 0 Å². The molecule has 0 aliphatic carbocycles. The first-order valence-electron chi connectivity index (χ1n) is 8.91. The summed E-state index contributed by atoms with van der Waals surface area (Å²) in [6.07, 6.45) is -1.48. The smallest absolute Gasteiger partial charge is 0.325 e. The fourth-order valence-corrected chi connectivity index (χ4v) is 3.09. The second-order valence-corrected chi connectivity index (χ2v) is 6.95. The minimum atomic E-state index is -0.848. The van der Waals surface area contributed by atoms with E-state index in [9.17, 15) is 14.7 Å². The predicted molar refractivity (Wildman–Crippen MR) is 99.2 cm³/mol. The van der Waals surface area contributed by atoms with Gasteiger partial charge in [0.05, 0.1) is 6.54 Å². The van der Waals surface area contributed by atoms with E-state index in [0.29, 0.717) is 11.7 Å². The third-order valence-corrected chi connectivity index (χ3v) is 4.37. The van der Waals surface area contributed by atoms with Crippen LogP contribution in [-0.2, 0) is 4.79 Å². The molecule has 1 saturated heterocycles. The van der Waals surface area contributed by atoms with Gasteiger partial charge in [0.25, 0.3) is 5.91 Å². The predicted octanol–water partition coefficient (Wildman–Crippen LogP) is -0.0278. The molecule has 9 nitrogen and oxygen atoms in total. The fraction of sp³-hybridized carbons (Fsp3) is 0.500. The molecule has 3 rings (SSSR count). The summed E-state index contributed by atoms with van der Waals surface area (Å²) in [6.45, 7) is 4.12. The normalized spacial score (nSPS) is 23.1. The van der Waals surface area contributed by atoms with Crippen LogP contribution in [0.4, 0.5) is 4.79 Å². The Kier molecular flexibility index (Phi) is 5.50. The zero-order valence-electron chi connectivity index (χ0n) is 15.6. The van der Waals surface area contributed by atoms with Crippen molar-refractivity contribution in [1.29, 1.82) is 0 Å². The van der Waals surface area contributed by atoms with E-state index in [-0.39, 0.29) is 19.2 Å². The Labute approximate surface area is 158 Å². The molecule has 146 valence electrons. The summed E-state index contributed by atoms with van der Waals surface area (Å²) >= 11 is 0. The molecule has 3 N–H and O–H groups in total. The Morgan fingerprint density at radius 1 is 1.30 bits per heavy atom. The molecule has 3 atom stereocenters. The van der Waals surface area contributed by atoms with Crippen LogP contribution in [0.1, 0.15) is 13.8 Å². The van der Waals surface area contributed by atoms with Gasteiger partial charge in [-0.05, 0) is 26.0 Å². The third-order valence-electron chi connectivity index (χ3n) is 4.37. The number of hydrogen-bond acceptors (Lipinski definition) is 7. The molecule has 2 aliphatic rings. The summed E-state index contributed by atoms with van der Waals surface area (Å²) in [5.74, 6) is 0.713. The maximum atomic E-state index is 12.4. The number of urea groups is 1. The molecule has 9 heteroatoms. The van der Waals surface area contributed by atoms with E-state index in [0.717, 1.165) is 0 Å². The summed E-state index contributed by atoms with van der Waals surface area (Å²) in [6, 6.07) is 8.10. The number of carbonyl (C=O) groups excluding carboxylic acids is 2. The van der Waals surface area contributed by atoms with E-state index in [4.69, 9.17) is 4.74 Å². The number of fused-ring (bicyclic) bond motifs is 1. The van der Waals surface area contributed by atoms with Crippen LogP contribution in [-0.4, -0.2) is 77.4 Å². The lowest BCUT2D eigenvalue weighted by Gasteiger charge is -2.37. The van der Waals surface area contributed by atoms with Crippen LogP contribution in [0.3, 0.4) is 0 Å². The molecular weight excluding hydrogens is 350 g/mol. The Morgan fingerprint density at radius 2 is 2.00 bits per heavy atom. The van der Waals surface area contributed by atoms with Crippen molar-refractivity contribution in [3.05, 3.63) is 30.3 Å². The van der Waals surface area contributed by atoms with Crippen molar-refractivity contribution in [3.63, 3.8) is 0 Å². The number of para-hydroxylation sites is 1. The molecule has 1 aromatic rings. The molecule has 1 fully saturated rings. The fourth-order valence-electron chi connectivity index (χ4n) is 3.09. The van der Waals surface area contributed by atoms with Gasteiger partial charge in [0.15, 0.2) is 18.2 Å². The summed E-state index contributed by atoms with van der Waals surface area (Å²) in [5, 5.41) is 16.0. The van der Waals surface area contributed by atoms with Crippen molar-refractivity contribution < 1.29 is 19.4 Å². The van der Waals surface area contributed by atoms with Crippen molar-refractivity contribution in [2.24, 2.45) is 4.99 Å². The number of imide groups is 1. The number of rotatable bonds is 6. The zero-order chi connectivity index (χ0) is 19.6. The SMILES string of the molecule is CC(C)NC1=NC2C(C(=O)NC(=O)N2C)N1CC(O)COc1ccccc1. The third kappa shape index (κ3) is 4.13. The number of likely N-dealkylation sites (N-methyl/N-ethyl adjacent to an activating group) is 1. The van der Waals surface area contributed by atoms with E-state index in [1.165, 1.54) is 4.90 Å². The average Bonchev–Trinajstić information content (AvgIpc) is 2.97. The van der Waals surface area contributed by atoms with Crippen LogP contribution in [0.2, 0.25) is 0 Å². The lowest BCUT2D eigenvalue weighted by atomic mass is 10.1. The minimum absolute atomic E-state index is 0.0727. The van der Waals surface area contributed by atoms with Crippen molar-refractivity contribution in [3.8, 4) is 5.75 Å². The van der Waals surface area contributed by atoms with Crippen LogP contribution in [0.5, 0.6) is 5.75 Å². The maximum absolute atomic E-state index is 12.4. The Bertz CT molecular complexity index is 724. The molecular formula is C18H25N5O4. The number of aliphatic hydroxyl groups is 1. The molecule has 2 aliphatic heterocycles. The molecule has 3 amide bonds. The van der Waals surface area contributed by atoms with Gasteiger partial charge in [0.2, 0.25) is 0 Å². The van der Waals surface area contributed by atoms with Gasteiger partial charge in [0, 0.05) is 13.1 Å². The molecule has 0 spiro atoms. The van der Waals surface area contributed by atoms with Gasteiger partial charge in [-0.3, -0.25) is 10.1 Å². The number of hydrogen-bond donors (Lipinski definition) is 3. The van der Waals surface area contributed by atoms with E-state index >= 15 is 0 Å². The number of aliphatic imine (C=N–C) groups is 1. The first-order chi connectivity index (χ1) is 12.9. The van der Waals surface area contributed by atoms with Crippen LogP contribution in [0.25, 0.3) is 0 Å². The van der Waals surface area contributed by atoms with Crippen molar-refractivity contribution >= 4 is 17.9 Å². The van der Waals surface area contributed by atoms with E-state index < -0.39 is 30.2 Å². The Balaban J connectivity index is 1.71. The zero-order valence-corrected chi connectivity index (χ0v) is 15.6. The van der Waals surface area contributed by atoms with Gasteiger partial charge in [-0.15, -0.1) is 0 Å². The van der Waals surface area contributed by atoms with Gasteiger partial charge in [-0.25, -0.2) is 9.79 Å².